The summed E-state index contributed by atoms with van der Waals surface area (Å²) in [5, 5.41) is 11.5. The summed E-state index contributed by atoms with van der Waals surface area (Å²) in [5.74, 6) is -1.49. The van der Waals surface area contributed by atoms with Crippen LogP contribution in [0.3, 0.4) is 0 Å². The van der Waals surface area contributed by atoms with Crippen LogP contribution in [0, 0.1) is 0 Å². The highest BCUT2D eigenvalue weighted by Crippen LogP contribution is 2.22. The summed E-state index contributed by atoms with van der Waals surface area (Å²) in [6, 6.07) is 6.09. The third-order valence-electron chi connectivity index (χ3n) is 3.26. The van der Waals surface area contributed by atoms with E-state index in [4.69, 9.17) is 5.11 Å². The van der Waals surface area contributed by atoms with Crippen molar-refractivity contribution >= 4 is 17.8 Å². The second kappa shape index (κ2) is 5.83. The molecule has 1 atom stereocenters. The minimum Gasteiger partial charge on any atom is -0.480 e. The first kappa shape index (κ1) is 14.2. The molecule has 20 heavy (non-hydrogen) atoms. The quantitative estimate of drug-likeness (QED) is 0.591. The van der Waals surface area contributed by atoms with Crippen LogP contribution >= 0.6 is 0 Å². The number of carbonyl (C=O) groups is 3. The number of carboxylic acids is 1. The van der Waals surface area contributed by atoms with Crippen LogP contribution in [0.15, 0.2) is 24.3 Å². The van der Waals surface area contributed by atoms with E-state index in [1.54, 1.807) is 31.2 Å². The fourth-order valence-corrected chi connectivity index (χ4v) is 2.09. The predicted molar refractivity (Wildman–Crippen MR) is 71.5 cm³/mol. The number of imide groups is 1. The number of aliphatic carboxylic acids is 1. The molecular formula is C14H16N2O4. The Labute approximate surface area is 116 Å². The van der Waals surface area contributed by atoms with Crippen molar-refractivity contribution in [3.05, 3.63) is 35.4 Å². The van der Waals surface area contributed by atoms with Gasteiger partial charge >= 0.3 is 5.97 Å². The van der Waals surface area contributed by atoms with Gasteiger partial charge < -0.3 is 10.4 Å². The molecule has 0 spiro atoms. The van der Waals surface area contributed by atoms with Crippen LogP contribution in [0.25, 0.3) is 0 Å². The molecule has 1 heterocycles. The first-order valence-corrected chi connectivity index (χ1v) is 6.44. The summed E-state index contributed by atoms with van der Waals surface area (Å²) in [5.41, 5.74) is 0.869. The van der Waals surface area contributed by atoms with Crippen molar-refractivity contribution in [2.45, 2.75) is 19.4 Å². The number of nitrogens with zero attached hydrogens (tertiary/aromatic N) is 1. The number of hydrogen-bond acceptors (Lipinski definition) is 4. The predicted octanol–water partition coefficient (Wildman–Crippen LogP) is 0.735. The van der Waals surface area contributed by atoms with Crippen molar-refractivity contribution in [2.75, 3.05) is 13.1 Å². The molecule has 0 saturated heterocycles. The van der Waals surface area contributed by atoms with Gasteiger partial charge in [-0.3, -0.25) is 19.3 Å². The fourth-order valence-electron chi connectivity index (χ4n) is 2.09. The first-order chi connectivity index (χ1) is 9.52. The topological polar surface area (TPSA) is 86.7 Å². The summed E-state index contributed by atoms with van der Waals surface area (Å²) in [7, 11) is 0. The maximum absolute atomic E-state index is 12.0. The lowest BCUT2D eigenvalue weighted by Crippen LogP contribution is -2.37. The molecule has 2 N–H and O–H groups in total. The molecular weight excluding hydrogens is 260 g/mol. The maximum atomic E-state index is 12.0. The van der Waals surface area contributed by atoms with Crippen molar-refractivity contribution < 1.29 is 19.5 Å². The molecule has 1 aliphatic heterocycles. The van der Waals surface area contributed by atoms with Gasteiger partial charge in [-0.25, -0.2) is 0 Å². The van der Waals surface area contributed by atoms with Gasteiger partial charge in [0.15, 0.2) is 0 Å². The van der Waals surface area contributed by atoms with E-state index in [0.717, 1.165) is 0 Å². The monoisotopic (exact) mass is 276 g/mol. The van der Waals surface area contributed by atoms with Gasteiger partial charge in [0, 0.05) is 6.54 Å². The molecule has 0 aromatic heterocycles. The molecule has 0 aliphatic carbocycles. The summed E-state index contributed by atoms with van der Waals surface area (Å²) in [4.78, 5) is 35.9. The van der Waals surface area contributed by atoms with Crippen LogP contribution in [0.1, 0.15) is 34.1 Å². The lowest BCUT2D eigenvalue weighted by molar-refractivity contribution is -0.139. The van der Waals surface area contributed by atoms with E-state index in [9.17, 15) is 14.4 Å². The molecule has 0 radical (unpaired) electrons. The van der Waals surface area contributed by atoms with Crippen LogP contribution in [-0.2, 0) is 4.79 Å². The number of carbonyl (C=O) groups excluding carboxylic acids is 2. The molecule has 1 aliphatic rings. The highest BCUT2D eigenvalue weighted by Gasteiger charge is 2.34. The zero-order valence-electron chi connectivity index (χ0n) is 11.1. The number of amides is 2. The van der Waals surface area contributed by atoms with Gasteiger partial charge in [-0.05, 0) is 32.0 Å². The van der Waals surface area contributed by atoms with E-state index in [-0.39, 0.29) is 18.4 Å². The molecule has 2 amide bonds. The van der Waals surface area contributed by atoms with E-state index in [1.165, 1.54) is 4.90 Å². The lowest BCUT2D eigenvalue weighted by Gasteiger charge is -2.14. The molecule has 2 rings (SSSR count). The normalized spacial score (nSPS) is 15.3. The zero-order valence-corrected chi connectivity index (χ0v) is 11.1. The molecule has 1 aromatic carbocycles. The first-order valence-electron chi connectivity index (χ1n) is 6.44. The van der Waals surface area contributed by atoms with Gasteiger partial charge in [0.1, 0.15) is 6.04 Å². The summed E-state index contributed by atoms with van der Waals surface area (Å²) >= 11 is 0. The highest BCUT2D eigenvalue weighted by atomic mass is 16.4. The number of hydrogen-bond donors (Lipinski definition) is 2. The molecule has 0 saturated carbocycles. The number of fused-ring (bicyclic) bond motifs is 1. The highest BCUT2D eigenvalue weighted by molar-refractivity contribution is 6.21. The van der Waals surface area contributed by atoms with Gasteiger partial charge in [0.25, 0.3) is 11.8 Å². The maximum Gasteiger partial charge on any atom is 0.320 e. The minimum absolute atomic E-state index is 0.281. The zero-order chi connectivity index (χ0) is 14.7. The van der Waals surface area contributed by atoms with E-state index in [2.05, 4.69) is 5.32 Å². The van der Waals surface area contributed by atoms with Crippen molar-refractivity contribution in [1.82, 2.24) is 10.2 Å². The van der Waals surface area contributed by atoms with E-state index >= 15 is 0 Å². The summed E-state index contributed by atoms with van der Waals surface area (Å²) in [6.45, 7) is 2.26. The summed E-state index contributed by atoms with van der Waals surface area (Å²) < 4.78 is 0. The molecule has 6 heteroatoms. The van der Waals surface area contributed by atoms with Crippen LogP contribution in [0.4, 0.5) is 0 Å². The van der Waals surface area contributed by atoms with Gasteiger partial charge in [-0.2, -0.15) is 0 Å². The van der Waals surface area contributed by atoms with Crippen molar-refractivity contribution in [3.63, 3.8) is 0 Å². The standard InChI is InChI=1S/C14H16N2O4/c1-9(14(19)20)15-7-4-8-16-12(17)10-5-2-3-6-11(10)13(16)18/h2-3,5-6,9,15H,4,7-8H2,1H3,(H,19,20)/t9-/m1/s1. The van der Waals surface area contributed by atoms with Crippen LogP contribution < -0.4 is 5.32 Å². The SMILES string of the molecule is C[C@@H](NCCCN1C(=O)c2ccccc2C1=O)C(=O)O. The van der Waals surface area contributed by atoms with Gasteiger partial charge in [0.2, 0.25) is 0 Å². The number of rotatable bonds is 6. The lowest BCUT2D eigenvalue weighted by atomic mass is 10.1. The average Bonchev–Trinajstić information content (AvgIpc) is 2.68. The van der Waals surface area contributed by atoms with Crippen LogP contribution in [0.2, 0.25) is 0 Å². The average molecular weight is 276 g/mol. The molecule has 0 bridgehead atoms. The van der Waals surface area contributed by atoms with Crippen LogP contribution in [-0.4, -0.2) is 46.9 Å². The Morgan fingerprint density at radius 2 is 1.80 bits per heavy atom. The van der Waals surface area contributed by atoms with Crippen LogP contribution in [0.5, 0.6) is 0 Å². The van der Waals surface area contributed by atoms with E-state index in [1.807, 2.05) is 0 Å². The molecule has 1 aromatic rings. The van der Waals surface area contributed by atoms with Gasteiger partial charge in [0.05, 0.1) is 11.1 Å². The van der Waals surface area contributed by atoms with E-state index in [0.29, 0.717) is 24.1 Å². The Morgan fingerprint density at radius 1 is 1.25 bits per heavy atom. The third kappa shape index (κ3) is 2.70. The molecule has 0 fully saturated rings. The van der Waals surface area contributed by atoms with Crippen molar-refractivity contribution in [1.29, 1.82) is 0 Å². The second-order valence-electron chi connectivity index (χ2n) is 4.68. The second-order valence-corrected chi connectivity index (χ2v) is 4.68. The van der Waals surface area contributed by atoms with Gasteiger partial charge in [-0.15, -0.1) is 0 Å². The van der Waals surface area contributed by atoms with E-state index < -0.39 is 12.0 Å². The summed E-state index contributed by atoms with van der Waals surface area (Å²) in [6.07, 6.45) is 0.517. The molecule has 106 valence electrons. The third-order valence-corrected chi connectivity index (χ3v) is 3.26. The van der Waals surface area contributed by atoms with Gasteiger partial charge in [-0.1, -0.05) is 12.1 Å². The largest absolute Gasteiger partial charge is 0.480 e. The number of benzene rings is 1. The molecule has 0 unspecified atom stereocenters. The minimum atomic E-state index is -0.925. The fraction of sp³-hybridized carbons (Fsp3) is 0.357. The Morgan fingerprint density at radius 3 is 2.30 bits per heavy atom. The smallest absolute Gasteiger partial charge is 0.320 e. The number of nitrogens with one attached hydrogen (secondary N) is 1. The van der Waals surface area contributed by atoms with Crippen molar-refractivity contribution in [2.24, 2.45) is 0 Å². The van der Waals surface area contributed by atoms with Crippen molar-refractivity contribution in [3.8, 4) is 0 Å². The number of carboxylic acid groups (broad SMARTS) is 1. The Balaban J connectivity index is 1.88. The Kier molecular flexibility index (Phi) is 4.14. The Bertz CT molecular complexity index is 521. The Hall–Kier alpha value is -2.21. The molecule has 6 nitrogen and oxygen atoms in total.